The van der Waals surface area contributed by atoms with Gasteiger partial charge in [-0.2, -0.15) is 0 Å². The van der Waals surface area contributed by atoms with E-state index in [1.54, 1.807) is 29.5 Å². The molecule has 3 aromatic rings. The number of nitrogens with one attached hydrogen (secondary N) is 3. The quantitative estimate of drug-likeness (QED) is 0.304. The van der Waals surface area contributed by atoms with Gasteiger partial charge < -0.3 is 21.8 Å². The third kappa shape index (κ3) is 6.26. The van der Waals surface area contributed by atoms with Crippen molar-refractivity contribution in [2.24, 2.45) is 0 Å². The topological polar surface area (TPSA) is 108 Å². The highest BCUT2D eigenvalue weighted by atomic mass is 32.1. The number of hydrogen-bond acceptors (Lipinski definition) is 5. The summed E-state index contributed by atoms with van der Waals surface area (Å²) in [7, 11) is 0. The van der Waals surface area contributed by atoms with Crippen LogP contribution in [0.3, 0.4) is 0 Å². The molecular formula is C24H26N4O2S. The molecule has 0 saturated heterocycles. The summed E-state index contributed by atoms with van der Waals surface area (Å²) in [6.07, 6.45) is 0.962. The Morgan fingerprint density at radius 2 is 1.87 bits per heavy atom. The van der Waals surface area contributed by atoms with Crippen molar-refractivity contribution >= 4 is 40.2 Å². The Hall–Kier alpha value is -3.45. The second-order valence-corrected chi connectivity index (χ2v) is 8.46. The molecule has 6 nitrogen and oxygen atoms in total. The zero-order valence-electron chi connectivity index (χ0n) is 17.6. The fourth-order valence-corrected chi connectivity index (χ4v) is 4.04. The number of amides is 2. The zero-order chi connectivity index (χ0) is 22.4. The summed E-state index contributed by atoms with van der Waals surface area (Å²) < 4.78 is 0. The van der Waals surface area contributed by atoms with E-state index in [4.69, 9.17) is 11.1 Å². The summed E-state index contributed by atoms with van der Waals surface area (Å²) in [4.78, 5) is 24.9. The largest absolute Gasteiger partial charge is 0.397 e. The molecule has 0 bridgehead atoms. The van der Waals surface area contributed by atoms with Gasteiger partial charge in [0.2, 0.25) is 5.91 Å². The van der Waals surface area contributed by atoms with Crippen LogP contribution in [0.4, 0.5) is 11.4 Å². The van der Waals surface area contributed by atoms with Gasteiger partial charge in [-0.25, -0.2) is 0 Å². The molecule has 0 saturated carbocycles. The maximum Gasteiger partial charge on any atom is 0.255 e. The van der Waals surface area contributed by atoms with Gasteiger partial charge in [-0.1, -0.05) is 24.3 Å². The first-order valence-corrected chi connectivity index (χ1v) is 10.9. The number of carbonyl (C=O) groups excluding carboxylic acids is 2. The summed E-state index contributed by atoms with van der Waals surface area (Å²) in [6.45, 7) is 3.35. The maximum absolute atomic E-state index is 12.7. The van der Waals surface area contributed by atoms with E-state index in [2.05, 4.69) is 10.6 Å². The Labute approximate surface area is 186 Å². The van der Waals surface area contributed by atoms with Crippen LogP contribution in [0, 0.1) is 5.41 Å². The van der Waals surface area contributed by atoms with Crippen LogP contribution in [0.1, 0.15) is 36.2 Å². The Bertz CT molecular complexity index is 1080. The van der Waals surface area contributed by atoms with Gasteiger partial charge >= 0.3 is 0 Å². The van der Waals surface area contributed by atoms with Crippen molar-refractivity contribution in [1.82, 2.24) is 5.32 Å². The van der Waals surface area contributed by atoms with Crippen molar-refractivity contribution < 1.29 is 9.59 Å². The van der Waals surface area contributed by atoms with E-state index in [1.165, 1.54) is 6.92 Å². The van der Waals surface area contributed by atoms with Gasteiger partial charge in [0, 0.05) is 42.0 Å². The molecule has 1 heterocycles. The Balaban J connectivity index is 1.62. The van der Waals surface area contributed by atoms with Crippen molar-refractivity contribution in [1.29, 1.82) is 5.41 Å². The molecule has 2 aromatic carbocycles. The summed E-state index contributed by atoms with van der Waals surface area (Å²) in [5.41, 5.74) is 10.1. The van der Waals surface area contributed by atoms with Crippen molar-refractivity contribution in [2.75, 3.05) is 11.1 Å². The van der Waals surface area contributed by atoms with Crippen LogP contribution < -0.4 is 16.4 Å². The molecule has 7 heteroatoms. The molecular weight excluding hydrogens is 408 g/mol. The van der Waals surface area contributed by atoms with Crippen LogP contribution in [-0.2, 0) is 11.2 Å². The fourth-order valence-electron chi connectivity index (χ4n) is 3.32. The van der Waals surface area contributed by atoms with Gasteiger partial charge in [0.05, 0.1) is 11.4 Å². The third-order valence-electron chi connectivity index (χ3n) is 4.74. The van der Waals surface area contributed by atoms with Crippen LogP contribution in [0.25, 0.3) is 10.4 Å². The minimum absolute atomic E-state index is 0.0783. The Kier molecular flexibility index (Phi) is 7.20. The van der Waals surface area contributed by atoms with Gasteiger partial charge in [0.1, 0.15) is 0 Å². The number of carbonyl (C=O) groups is 2. The van der Waals surface area contributed by atoms with Crippen LogP contribution in [-0.4, -0.2) is 23.6 Å². The lowest BCUT2D eigenvalue weighted by Crippen LogP contribution is -2.32. The molecule has 2 amide bonds. The first-order valence-electron chi connectivity index (χ1n) is 9.99. The van der Waals surface area contributed by atoms with Gasteiger partial charge in [-0.15, -0.1) is 11.3 Å². The molecule has 0 aliphatic carbocycles. The summed E-state index contributed by atoms with van der Waals surface area (Å²) >= 11 is 1.63. The number of anilines is 2. The van der Waals surface area contributed by atoms with E-state index in [1.807, 2.05) is 48.7 Å². The van der Waals surface area contributed by atoms with Crippen molar-refractivity contribution in [3.8, 4) is 10.4 Å². The standard InChI is InChI=1S/C24H26N4O2S/c1-15(27-16(2)29)12-20(25)13-17-5-7-18(8-6-17)24(30)28-22-14-19(9-10-21(22)26)23-4-3-11-31-23/h3-11,14-15,25H,12-13,26H2,1-2H3,(H,27,29)(H,28,30)/t15-/m0/s1. The Morgan fingerprint density at radius 3 is 2.52 bits per heavy atom. The number of hydrogen-bond donors (Lipinski definition) is 4. The van der Waals surface area contributed by atoms with Crippen LogP contribution in [0.2, 0.25) is 0 Å². The molecule has 0 unspecified atom stereocenters. The number of rotatable bonds is 8. The smallest absolute Gasteiger partial charge is 0.255 e. The summed E-state index contributed by atoms with van der Waals surface area (Å²) in [5.74, 6) is -0.340. The highest BCUT2D eigenvalue weighted by Crippen LogP contribution is 2.30. The average molecular weight is 435 g/mol. The maximum atomic E-state index is 12.7. The highest BCUT2D eigenvalue weighted by molar-refractivity contribution is 7.13. The van der Waals surface area contributed by atoms with Gasteiger partial charge in [-0.05, 0) is 53.8 Å². The van der Waals surface area contributed by atoms with E-state index in [0.29, 0.717) is 35.5 Å². The average Bonchev–Trinajstić information content (AvgIpc) is 3.24. The predicted octanol–water partition coefficient (Wildman–Crippen LogP) is 4.73. The SMILES string of the molecule is CC(=O)N[C@@H](C)CC(=N)Cc1ccc(C(=O)Nc2cc(-c3cccs3)ccc2N)cc1. The first kappa shape index (κ1) is 22.2. The molecule has 3 rings (SSSR count). The van der Waals surface area contributed by atoms with E-state index >= 15 is 0 Å². The second-order valence-electron chi connectivity index (χ2n) is 7.52. The molecule has 0 spiro atoms. The van der Waals surface area contributed by atoms with Crippen LogP contribution >= 0.6 is 11.3 Å². The zero-order valence-corrected chi connectivity index (χ0v) is 18.4. The van der Waals surface area contributed by atoms with Crippen LogP contribution in [0.15, 0.2) is 60.0 Å². The monoisotopic (exact) mass is 434 g/mol. The molecule has 0 aliphatic heterocycles. The second kappa shape index (κ2) is 10.0. The lowest BCUT2D eigenvalue weighted by molar-refractivity contribution is -0.119. The van der Waals surface area contributed by atoms with Gasteiger partial charge in [-0.3, -0.25) is 9.59 Å². The Morgan fingerprint density at radius 1 is 1.13 bits per heavy atom. The van der Waals surface area contributed by atoms with E-state index in [0.717, 1.165) is 16.0 Å². The predicted molar refractivity (Wildman–Crippen MR) is 128 cm³/mol. The van der Waals surface area contributed by atoms with E-state index < -0.39 is 0 Å². The number of nitrogen functional groups attached to an aromatic ring is 1. The van der Waals surface area contributed by atoms with E-state index in [9.17, 15) is 9.59 Å². The highest BCUT2D eigenvalue weighted by Gasteiger charge is 2.12. The lowest BCUT2D eigenvalue weighted by Gasteiger charge is -2.13. The molecule has 1 aromatic heterocycles. The first-order chi connectivity index (χ1) is 14.8. The molecule has 160 valence electrons. The summed E-state index contributed by atoms with van der Waals surface area (Å²) in [5, 5.41) is 15.8. The van der Waals surface area contributed by atoms with Crippen molar-refractivity contribution in [3.63, 3.8) is 0 Å². The van der Waals surface area contributed by atoms with Crippen molar-refractivity contribution in [2.45, 2.75) is 32.7 Å². The molecule has 0 fully saturated rings. The molecule has 5 N–H and O–H groups in total. The number of nitrogens with two attached hydrogens (primary N) is 1. The fraction of sp³-hybridized carbons (Fsp3) is 0.208. The van der Waals surface area contributed by atoms with E-state index in [-0.39, 0.29) is 17.9 Å². The summed E-state index contributed by atoms with van der Waals surface area (Å²) in [6, 6.07) is 16.7. The van der Waals surface area contributed by atoms with Crippen molar-refractivity contribution in [3.05, 3.63) is 71.1 Å². The molecule has 0 radical (unpaired) electrons. The molecule has 1 atom stereocenters. The third-order valence-corrected chi connectivity index (χ3v) is 5.66. The lowest BCUT2D eigenvalue weighted by atomic mass is 10.0. The minimum Gasteiger partial charge on any atom is -0.397 e. The number of benzene rings is 2. The molecule has 31 heavy (non-hydrogen) atoms. The van der Waals surface area contributed by atoms with Gasteiger partial charge in [0.25, 0.3) is 5.91 Å². The van der Waals surface area contributed by atoms with Gasteiger partial charge in [0.15, 0.2) is 0 Å². The molecule has 0 aliphatic rings. The minimum atomic E-state index is -0.240. The number of thiophene rings is 1. The van der Waals surface area contributed by atoms with Crippen LogP contribution in [0.5, 0.6) is 0 Å². The normalized spacial score (nSPS) is 11.5.